The number of carboxylic acid groups (broad SMARTS) is 1. The molecule has 1 aromatic heterocycles. The zero-order chi connectivity index (χ0) is 15.0. The molecule has 3 nitrogen and oxygen atoms in total. The topological polar surface area (TPSA) is 50.2 Å². The van der Waals surface area contributed by atoms with Crippen LogP contribution in [0.25, 0.3) is 22.2 Å². The Bertz CT molecular complexity index is 845. The van der Waals surface area contributed by atoms with Crippen LogP contribution in [0.1, 0.15) is 10.4 Å². The lowest BCUT2D eigenvalue weighted by Gasteiger charge is -2.08. The molecule has 0 radical (unpaired) electrons. The number of aromatic nitrogens is 1. The van der Waals surface area contributed by atoms with E-state index in [1.54, 1.807) is 42.5 Å². The fourth-order valence-electron chi connectivity index (χ4n) is 2.18. The van der Waals surface area contributed by atoms with Gasteiger partial charge < -0.3 is 5.11 Å². The van der Waals surface area contributed by atoms with Crippen molar-refractivity contribution in [3.8, 4) is 11.3 Å². The molecular weight excluding hydrogens is 309 g/mol. The van der Waals surface area contributed by atoms with Crippen LogP contribution >= 0.6 is 23.2 Å². The Morgan fingerprint density at radius 2 is 1.76 bits per heavy atom. The standard InChI is InChI=1S/C16H9Cl2NO2/c17-10-6-4-9(5-7-10)14-8-11(16(20)21)15-12(18)2-1-3-13(15)19-14/h1-8H,(H,20,21). The van der Waals surface area contributed by atoms with Gasteiger partial charge in [-0.2, -0.15) is 0 Å². The van der Waals surface area contributed by atoms with Crippen molar-refractivity contribution in [2.75, 3.05) is 0 Å². The zero-order valence-corrected chi connectivity index (χ0v) is 12.2. The van der Waals surface area contributed by atoms with Gasteiger partial charge in [0.15, 0.2) is 0 Å². The van der Waals surface area contributed by atoms with Gasteiger partial charge >= 0.3 is 5.97 Å². The lowest BCUT2D eigenvalue weighted by molar-refractivity contribution is 0.0699. The minimum absolute atomic E-state index is 0.135. The average Bonchev–Trinajstić information content (AvgIpc) is 2.47. The Balaban J connectivity index is 2.31. The summed E-state index contributed by atoms with van der Waals surface area (Å²) >= 11 is 12.0. The van der Waals surface area contributed by atoms with E-state index in [1.165, 1.54) is 6.07 Å². The first-order valence-corrected chi connectivity index (χ1v) is 6.90. The molecular formula is C16H9Cl2NO2. The number of hydrogen-bond acceptors (Lipinski definition) is 2. The lowest BCUT2D eigenvalue weighted by atomic mass is 10.0. The number of halogens is 2. The van der Waals surface area contributed by atoms with Crippen LogP contribution in [0.3, 0.4) is 0 Å². The fourth-order valence-corrected chi connectivity index (χ4v) is 2.58. The summed E-state index contributed by atoms with van der Waals surface area (Å²) in [5.74, 6) is -1.04. The predicted octanol–water partition coefficient (Wildman–Crippen LogP) is 4.91. The molecule has 0 spiro atoms. The summed E-state index contributed by atoms with van der Waals surface area (Å²) in [4.78, 5) is 16.0. The Hall–Kier alpha value is -2.10. The SMILES string of the molecule is O=C(O)c1cc(-c2ccc(Cl)cc2)nc2cccc(Cl)c12. The van der Waals surface area contributed by atoms with E-state index in [4.69, 9.17) is 23.2 Å². The highest BCUT2D eigenvalue weighted by atomic mass is 35.5. The van der Waals surface area contributed by atoms with Gasteiger partial charge in [-0.05, 0) is 30.3 Å². The van der Waals surface area contributed by atoms with Gasteiger partial charge in [0, 0.05) is 16.0 Å². The van der Waals surface area contributed by atoms with Crippen LogP contribution in [0, 0.1) is 0 Å². The Kier molecular flexibility index (Phi) is 3.53. The number of rotatable bonds is 2. The molecule has 104 valence electrons. The van der Waals surface area contributed by atoms with Crippen molar-refractivity contribution in [2.45, 2.75) is 0 Å². The minimum atomic E-state index is -1.04. The molecule has 3 aromatic rings. The number of hydrogen-bond donors (Lipinski definition) is 1. The van der Waals surface area contributed by atoms with E-state index in [1.807, 2.05) is 0 Å². The van der Waals surface area contributed by atoms with Gasteiger partial charge in [0.1, 0.15) is 0 Å². The third kappa shape index (κ3) is 2.58. The van der Waals surface area contributed by atoms with Crippen molar-refractivity contribution >= 4 is 40.1 Å². The zero-order valence-electron chi connectivity index (χ0n) is 10.7. The molecule has 21 heavy (non-hydrogen) atoms. The monoisotopic (exact) mass is 317 g/mol. The first-order valence-electron chi connectivity index (χ1n) is 6.15. The molecule has 0 fully saturated rings. The third-order valence-corrected chi connectivity index (χ3v) is 3.72. The van der Waals surface area contributed by atoms with Crippen LogP contribution in [-0.2, 0) is 0 Å². The molecule has 0 aliphatic carbocycles. The predicted molar refractivity (Wildman–Crippen MR) is 84.2 cm³/mol. The summed E-state index contributed by atoms with van der Waals surface area (Å²) in [5.41, 5.74) is 2.05. The summed E-state index contributed by atoms with van der Waals surface area (Å²) in [6.45, 7) is 0. The molecule has 0 aliphatic rings. The van der Waals surface area contributed by atoms with Gasteiger partial charge in [0.05, 0.1) is 21.8 Å². The Morgan fingerprint density at radius 1 is 1.05 bits per heavy atom. The molecule has 0 aliphatic heterocycles. The third-order valence-electron chi connectivity index (χ3n) is 3.15. The second-order valence-corrected chi connectivity index (χ2v) is 5.34. The summed E-state index contributed by atoms with van der Waals surface area (Å²) in [6.07, 6.45) is 0. The van der Waals surface area contributed by atoms with Crippen LogP contribution in [0.5, 0.6) is 0 Å². The van der Waals surface area contributed by atoms with Crippen LogP contribution in [0.4, 0.5) is 0 Å². The largest absolute Gasteiger partial charge is 0.478 e. The van der Waals surface area contributed by atoms with E-state index in [2.05, 4.69) is 4.98 Å². The Labute approximate surface area is 130 Å². The highest BCUT2D eigenvalue weighted by Gasteiger charge is 2.15. The first-order chi connectivity index (χ1) is 10.1. The molecule has 0 saturated heterocycles. The minimum Gasteiger partial charge on any atom is -0.478 e. The molecule has 0 saturated carbocycles. The maximum absolute atomic E-state index is 11.5. The highest BCUT2D eigenvalue weighted by molar-refractivity contribution is 6.36. The van der Waals surface area contributed by atoms with Crippen LogP contribution in [0.2, 0.25) is 10.0 Å². The molecule has 0 bridgehead atoms. The van der Waals surface area contributed by atoms with Crippen molar-refractivity contribution < 1.29 is 9.90 Å². The summed E-state index contributed by atoms with van der Waals surface area (Å²) < 4.78 is 0. The van der Waals surface area contributed by atoms with Gasteiger partial charge in [-0.25, -0.2) is 9.78 Å². The van der Waals surface area contributed by atoms with Crippen LogP contribution < -0.4 is 0 Å². The van der Waals surface area contributed by atoms with E-state index in [0.29, 0.717) is 26.6 Å². The van der Waals surface area contributed by atoms with E-state index in [0.717, 1.165) is 5.56 Å². The summed E-state index contributed by atoms with van der Waals surface area (Å²) in [5, 5.41) is 10.9. The fraction of sp³-hybridized carbons (Fsp3) is 0. The molecule has 2 aromatic carbocycles. The summed E-state index contributed by atoms with van der Waals surface area (Å²) in [7, 11) is 0. The molecule has 0 unspecified atom stereocenters. The highest BCUT2D eigenvalue weighted by Crippen LogP contribution is 2.30. The maximum Gasteiger partial charge on any atom is 0.336 e. The average molecular weight is 318 g/mol. The van der Waals surface area contributed by atoms with Crippen molar-refractivity contribution in [1.29, 1.82) is 0 Å². The lowest BCUT2D eigenvalue weighted by Crippen LogP contribution is -2.00. The van der Waals surface area contributed by atoms with E-state index in [-0.39, 0.29) is 5.56 Å². The van der Waals surface area contributed by atoms with Crippen molar-refractivity contribution in [3.63, 3.8) is 0 Å². The number of aromatic carboxylic acids is 1. The number of pyridine rings is 1. The number of carbonyl (C=O) groups is 1. The normalized spacial score (nSPS) is 10.8. The van der Waals surface area contributed by atoms with Gasteiger partial charge in [-0.3, -0.25) is 0 Å². The quantitative estimate of drug-likeness (QED) is 0.730. The molecule has 1 heterocycles. The van der Waals surface area contributed by atoms with Crippen LogP contribution in [0.15, 0.2) is 48.5 Å². The van der Waals surface area contributed by atoms with E-state index < -0.39 is 5.97 Å². The van der Waals surface area contributed by atoms with Crippen molar-refractivity contribution in [1.82, 2.24) is 4.98 Å². The van der Waals surface area contributed by atoms with Crippen LogP contribution in [-0.4, -0.2) is 16.1 Å². The van der Waals surface area contributed by atoms with Crippen molar-refractivity contribution in [3.05, 3.63) is 64.1 Å². The molecule has 0 atom stereocenters. The molecule has 5 heteroatoms. The number of carboxylic acids is 1. The van der Waals surface area contributed by atoms with Gasteiger partial charge in [0.2, 0.25) is 0 Å². The van der Waals surface area contributed by atoms with Gasteiger partial charge in [-0.15, -0.1) is 0 Å². The number of fused-ring (bicyclic) bond motifs is 1. The summed E-state index contributed by atoms with van der Waals surface area (Å²) in [6, 6.07) is 13.7. The Morgan fingerprint density at radius 3 is 2.43 bits per heavy atom. The van der Waals surface area contributed by atoms with E-state index >= 15 is 0 Å². The second kappa shape index (κ2) is 5.35. The number of benzene rings is 2. The van der Waals surface area contributed by atoms with E-state index in [9.17, 15) is 9.90 Å². The molecule has 0 amide bonds. The first kappa shape index (κ1) is 13.9. The second-order valence-electron chi connectivity index (χ2n) is 4.50. The van der Waals surface area contributed by atoms with Gasteiger partial charge in [-0.1, -0.05) is 41.4 Å². The molecule has 3 rings (SSSR count). The van der Waals surface area contributed by atoms with Gasteiger partial charge in [0.25, 0.3) is 0 Å². The maximum atomic E-state index is 11.5. The number of nitrogens with zero attached hydrogens (tertiary/aromatic N) is 1. The molecule has 1 N–H and O–H groups in total. The smallest absolute Gasteiger partial charge is 0.336 e. The van der Waals surface area contributed by atoms with Crippen molar-refractivity contribution in [2.24, 2.45) is 0 Å².